The minimum atomic E-state index is 0.0879. The second-order valence-electron chi connectivity index (χ2n) is 2.95. The van der Waals surface area contributed by atoms with Gasteiger partial charge >= 0.3 is 0 Å². The van der Waals surface area contributed by atoms with Gasteiger partial charge in [0.05, 0.1) is 5.52 Å². The molecular formula is C9H11N3. The lowest BCUT2D eigenvalue weighted by atomic mass is 10.1. The van der Waals surface area contributed by atoms with Gasteiger partial charge in [0.15, 0.2) is 0 Å². The second kappa shape index (κ2) is 2.60. The highest BCUT2D eigenvalue weighted by molar-refractivity contribution is 5.47. The topological polar surface area (TPSA) is 43.3 Å². The van der Waals surface area contributed by atoms with Gasteiger partial charge in [-0.1, -0.05) is 0 Å². The van der Waals surface area contributed by atoms with E-state index in [1.165, 1.54) is 0 Å². The lowest BCUT2D eigenvalue weighted by molar-refractivity contribution is 0.812. The highest BCUT2D eigenvalue weighted by Crippen LogP contribution is 2.11. The molecule has 0 amide bonds. The molecule has 0 aromatic carbocycles. The predicted molar refractivity (Wildman–Crippen MR) is 47.8 cm³/mol. The van der Waals surface area contributed by atoms with Gasteiger partial charge in [0.25, 0.3) is 0 Å². The summed E-state index contributed by atoms with van der Waals surface area (Å²) in [6, 6.07) is 6.10. The molecule has 0 aliphatic rings. The second-order valence-corrected chi connectivity index (χ2v) is 2.95. The van der Waals surface area contributed by atoms with E-state index in [9.17, 15) is 0 Å². The minimum Gasteiger partial charge on any atom is -0.324 e. The molecule has 0 fully saturated rings. The first-order valence-electron chi connectivity index (χ1n) is 3.96. The van der Waals surface area contributed by atoms with Crippen LogP contribution in [0.25, 0.3) is 5.52 Å². The van der Waals surface area contributed by atoms with Crippen molar-refractivity contribution in [2.24, 2.45) is 5.73 Å². The van der Waals surface area contributed by atoms with E-state index >= 15 is 0 Å². The van der Waals surface area contributed by atoms with Crippen molar-refractivity contribution in [3.63, 3.8) is 0 Å². The Bertz CT molecular complexity index is 389. The maximum atomic E-state index is 5.74. The van der Waals surface area contributed by atoms with Crippen LogP contribution in [0.3, 0.4) is 0 Å². The first-order valence-corrected chi connectivity index (χ1v) is 3.96. The van der Waals surface area contributed by atoms with Gasteiger partial charge < -0.3 is 5.73 Å². The Morgan fingerprint density at radius 3 is 3.08 bits per heavy atom. The van der Waals surface area contributed by atoms with E-state index in [2.05, 4.69) is 11.2 Å². The van der Waals surface area contributed by atoms with Gasteiger partial charge in [-0.2, -0.15) is 5.10 Å². The van der Waals surface area contributed by atoms with Gasteiger partial charge in [-0.3, -0.25) is 0 Å². The van der Waals surface area contributed by atoms with Crippen molar-refractivity contribution in [3.8, 4) is 0 Å². The Kier molecular flexibility index (Phi) is 1.59. The first kappa shape index (κ1) is 7.31. The third kappa shape index (κ3) is 1.08. The van der Waals surface area contributed by atoms with Crippen LogP contribution in [0.1, 0.15) is 18.5 Å². The van der Waals surface area contributed by atoms with E-state index < -0.39 is 0 Å². The Labute approximate surface area is 70.8 Å². The number of aromatic nitrogens is 2. The number of hydrogen-bond acceptors (Lipinski definition) is 2. The standard InChI is InChI=1S/C9H11N3/c1-7(10)8-3-5-12-9(6-8)2-4-11-12/h2-7H,10H2,1H3/t7-/m1/s1. The third-order valence-corrected chi connectivity index (χ3v) is 1.95. The van der Waals surface area contributed by atoms with E-state index in [1.54, 1.807) is 6.20 Å². The molecule has 0 unspecified atom stereocenters. The van der Waals surface area contributed by atoms with Crippen LogP contribution < -0.4 is 5.73 Å². The van der Waals surface area contributed by atoms with Crippen LogP contribution in [0.15, 0.2) is 30.6 Å². The van der Waals surface area contributed by atoms with Gasteiger partial charge in [0.1, 0.15) is 0 Å². The van der Waals surface area contributed by atoms with Crippen molar-refractivity contribution in [3.05, 3.63) is 36.2 Å². The van der Waals surface area contributed by atoms with Crippen molar-refractivity contribution in [1.29, 1.82) is 0 Å². The first-order chi connectivity index (χ1) is 5.77. The molecule has 2 rings (SSSR count). The summed E-state index contributed by atoms with van der Waals surface area (Å²) in [5, 5.41) is 4.10. The molecular weight excluding hydrogens is 150 g/mol. The molecule has 0 saturated carbocycles. The summed E-state index contributed by atoms with van der Waals surface area (Å²) in [5.41, 5.74) is 7.97. The van der Waals surface area contributed by atoms with Gasteiger partial charge in [-0.05, 0) is 30.7 Å². The third-order valence-electron chi connectivity index (χ3n) is 1.95. The zero-order chi connectivity index (χ0) is 8.55. The summed E-state index contributed by atoms with van der Waals surface area (Å²) in [6.07, 6.45) is 3.70. The molecule has 0 spiro atoms. The number of nitrogens with two attached hydrogens (primary N) is 1. The molecule has 2 aromatic heterocycles. The lowest BCUT2D eigenvalue weighted by Gasteiger charge is -2.04. The molecule has 1 atom stereocenters. The van der Waals surface area contributed by atoms with Crippen LogP contribution >= 0.6 is 0 Å². The van der Waals surface area contributed by atoms with E-state index in [4.69, 9.17) is 5.73 Å². The lowest BCUT2D eigenvalue weighted by Crippen LogP contribution is -2.05. The molecule has 12 heavy (non-hydrogen) atoms. The van der Waals surface area contributed by atoms with E-state index in [-0.39, 0.29) is 6.04 Å². The van der Waals surface area contributed by atoms with Crippen LogP contribution in [-0.4, -0.2) is 9.61 Å². The van der Waals surface area contributed by atoms with Crippen LogP contribution in [-0.2, 0) is 0 Å². The molecule has 62 valence electrons. The number of hydrogen-bond donors (Lipinski definition) is 1. The van der Waals surface area contributed by atoms with E-state index in [1.807, 2.05) is 29.8 Å². The summed E-state index contributed by atoms with van der Waals surface area (Å²) in [5.74, 6) is 0. The summed E-state index contributed by atoms with van der Waals surface area (Å²) >= 11 is 0. The summed E-state index contributed by atoms with van der Waals surface area (Å²) in [7, 11) is 0. The van der Waals surface area contributed by atoms with Gasteiger partial charge in [-0.25, -0.2) is 4.52 Å². The van der Waals surface area contributed by atoms with Gasteiger partial charge in [-0.15, -0.1) is 0 Å². The van der Waals surface area contributed by atoms with Crippen LogP contribution in [0.2, 0.25) is 0 Å². The molecule has 2 N–H and O–H groups in total. The smallest absolute Gasteiger partial charge is 0.0664 e. The fourth-order valence-electron chi connectivity index (χ4n) is 1.22. The monoisotopic (exact) mass is 161 g/mol. The van der Waals surface area contributed by atoms with Crippen molar-refractivity contribution in [2.45, 2.75) is 13.0 Å². The van der Waals surface area contributed by atoms with Crippen molar-refractivity contribution in [2.75, 3.05) is 0 Å². The highest BCUT2D eigenvalue weighted by Gasteiger charge is 1.99. The fraction of sp³-hybridized carbons (Fsp3) is 0.222. The minimum absolute atomic E-state index is 0.0879. The zero-order valence-corrected chi connectivity index (χ0v) is 6.94. The fourth-order valence-corrected chi connectivity index (χ4v) is 1.22. The summed E-state index contributed by atoms with van der Waals surface area (Å²) in [6.45, 7) is 1.97. The molecule has 2 heterocycles. The average Bonchev–Trinajstić information content (AvgIpc) is 2.49. The molecule has 0 aliphatic carbocycles. The van der Waals surface area contributed by atoms with Crippen LogP contribution in [0.4, 0.5) is 0 Å². The van der Waals surface area contributed by atoms with Crippen molar-refractivity contribution in [1.82, 2.24) is 9.61 Å². The summed E-state index contributed by atoms with van der Waals surface area (Å²) < 4.78 is 1.83. The maximum absolute atomic E-state index is 5.74. The Morgan fingerprint density at radius 2 is 2.33 bits per heavy atom. The van der Waals surface area contributed by atoms with Gasteiger partial charge in [0, 0.05) is 18.4 Å². The van der Waals surface area contributed by atoms with Crippen LogP contribution in [0, 0.1) is 0 Å². The largest absolute Gasteiger partial charge is 0.324 e. The number of rotatable bonds is 1. The number of pyridine rings is 1. The molecule has 0 radical (unpaired) electrons. The number of fused-ring (bicyclic) bond motifs is 1. The van der Waals surface area contributed by atoms with Crippen molar-refractivity contribution >= 4 is 5.52 Å². The SMILES string of the molecule is C[C@@H](N)c1ccn2nccc2c1. The molecule has 0 aliphatic heterocycles. The normalized spacial score (nSPS) is 13.5. The van der Waals surface area contributed by atoms with Crippen LogP contribution in [0.5, 0.6) is 0 Å². The molecule has 0 saturated heterocycles. The van der Waals surface area contributed by atoms with Crippen molar-refractivity contribution < 1.29 is 0 Å². The quantitative estimate of drug-likeness (QED) is 0.686. The number of nitrogens with zero attached hydrogens (tertiary/aromatic N) is 2. The summed E-state index contributed by atoms with van der Waals surface area (Å²) in [4.78, 5) is 0. The Balaban J connectivity index is 2.60. The Morgan fingerprint density at radius 1 is 1.50 bits per heavy atom. The van der Waals surface area contributed by atoms with E-state index in [0.29, 0.717) is 0 Å². The molecule has 3 nitrogen and oxygen atoms in total. The molecule has 0 bridgehead atoms. The molecule has 3 heteroatoms. The predicted octanol–water partition coefficient (Wildman–Crippen LogP) is 1.35. The van der Waals surface area contributed by atoms with E-state index in [0.717, 1.165) is 11.1 Å². The maximum Gasteiger partial charge on any atom is 0.0664 e. The highest BCUT2D eigenvalue weighted by atomic mass is 15.2. The zero-order valence-electron chi connectivity index (χ0n) is 6.94. The Hall–Kier alpha value is -1.35. The average molecular weight is 161 g/mol. The molecule has 2 aromatic rings. The van der Waals surface area contributed by atoms with Gasteiger partial charge in [0.2, 0.25) is 0 Å².